The van der Waals surface area contributed by atoms with Crippen molar-refractivity contribution in [2.75, 3.05) is 64.9 Å². The molecule has 0 aromatic carbocycles. The first-order valence-electron chi connectivity index (χ1n) is 9.77. The van der Waals surface area contributed by atoms with E-state index in [2.05, 4.69) is 37.6 Å². The van der Waals surface area contributed by atoms with Gasteiger partial charge in [0.25, 0.3) is 0 Å². The molecule has 1 aromatic rings. The summed E-state index contributed by atoms with van der Waals surface area (Å²) < 4.78 is 5.83. The third-order valence-corrected chi connectivity index (χ3v) is 5.95. The fraction of sp³-hybridized carbons (Fsp3) is 0.684. The van der Waals surface area contributed by atoms with Gasteiger partial charge in [-0.05, 0) is 36.8 Å². The van der Waals surface area contributed by atoms with Crippen LogP contribution in [0.4, 0.5) is 5.00 Å². The van der Waals surface area contributed by atoms with Gasteiger partial charge in [0.15, 0.2) is 5.96 Å². The van der Waals surface area contributed by atoms with Gasteiger partial charge in [-0.2, -0.15) is 0 Å². The minimum atomic E-state index is 0.0143. The van der Waals surface area contributed by atoms with Gasteiger partial charge in [-0.1, -0.05) is 0 Å². The van der Waals surface area contributed by atoms with Crippen LogP contribution >= 0.6 is 11.3 Å². The maximum atomic E-state index is 12.0. The molecule has 1 aromatic heterocycles. The Hall–Kier alpha value is -1.80. The van der Waals surface area contributed by atoms with E-state index in [1.165, 1.54) is 11.4 Å². The number of aliphatic imine (C=N–C) groups is 1. The van der Waals surface area contributed by atoms with E-state index >= 15 is 0 Å². The first kappa shape index (κ1) is 19.9. The number of nitrogens with one attached hydrogen (secondary N) is 1. The predicted molar refractivity (Wildman–Crippen MR) is 111 cm³/mol. The van der Waals surface area contributed by atoms with Crippen molar-refractivity contribution < 1.29 is 9.53 Å². The molecule has 0 saturated carbocycles. The van der Waals surface area contributed by atoms with E-state index in [1.54, 1.807) is 30.3 Å². The lowest BCUT2D eigenvalue weighted by molar-refractivity contribution is -0.127. The molecule has 0 spiro atoms. The molecule has 3 heterocycles. The summed E-state index contributed by atoms with van der Waals surface area (Å²) in [5.41, 5.74) is 0. The van der Waals surface area contributed by atoms with Gasteiger partial charge in [-0.15, -0.1) is 11.3 Å². The first-order valence-corrected chi connectivity index (χ1v) is 10.6. The Morgan fingerprint density at radius 1 is 1.33 bits per heavy atom. The summed E-state index contributed by atoms with van der Waals surface area (Å²) in [4.78, 5) is 22.8. The Kier molecular flexibility index (Phi) is 7.34. The molecule has 2 fully saturated rings. The molecule has 1 atom stereocenters. The molecular formula is C19H31N5O2S. The average Bonchev–Trinajstić information content (AvgIpc) is 3.23. The van der Waals surface area contributed by atoms with Crippen molar-refractivity contribution in [3.05, 3.63) is 17.5 Å². The van der Waals surface area contributed by atoms with Gasteiger partial charge in [0.2, 0.25) is 5.91 Å². The summed E-state index contributed by atoms with van der Waals surface area (Å²) in [5.74, 6) is 0.839. The summed E-state index contributed by atoms with van der Waals surface area (Å²) in [6.07, 6.45) is 3.70. The van der Waals surface area contributed by atoms with Gasteiger partial charge < -0.3 is 24.8 Å². The number of hydrogen-bond donors (Lipinski definition) is 1. The second-order valence-electron chi connectivity index (χ2n) is 7.22. The maximum Gasteiger partial charge on any atom is 0.243 e. The number of carbonyl (C=O) groups excluding carboxylic acids is 1. The van der Waals surface area contributed by atoms with Crippen LogP contribution in [-0.2, 0) is 9.53 Å². The second kappa shape index (κ2) is 9.94. The van der Waals surface area contributed by atoms with Crippen LogP contribution in [0.5, 0.6) is 0 Å². The fourth-order valence-corrected chi connectivity index (χ4v) is 4.10. The summed E-state index contributed by atoms with van der Waals surface area (Å²) >= 11 is 1.78. The van der Waals surface area contributed by atoms with Crippen LogP contribution in [0.15, 0.2) is 22.5 Å². The number of amides is 1. The standard InChI is InChI=1S/C19H31N5O2S/c1-22(2)17(25)15-21-19(20-14-16-6-3-4-12-26-16)24-10-8-23(9-11-24)18-7-5-13-27-18/h5,7,13,16H,3-4,6,8-12,14-15H2,1-2H3,(H,20,21). The molecule has 3 rings (SSSR count). The van der Waals surface area contributed by atoms with Crippen molar-refractivity contribution in [1.29, 1.82) is 0 Å². The zero-order valence-electron chi connectivity index (χ0n) is 16.4. The van der Waals surface area contributed by atoms with Crippen LogP contribution < -0.4 is 10.2 Å². The number of ether oxygens (including phenoxy) is 1. The topological polar surface area (TPSA) is 60.4 Å². The van der Waals surface area contributed by atoms with Crippen LogP contribution in [0, 0.1) is 0 Å². The number of thiophene rings is 1. The largest absolute Gasteiger partial charge is 0.376 e. The van der Waals surface area contributed by atoms with Crippen LogP contribution in [0.2, 0.25) is 0 Å². The molecule has 2 aliphatic heterocycles. The van der Waals surface area contributed by atoms with Crippen molar-refractivity contribution >= 4 is 28.2 Å². The number of anilines is 1. The number of likely N-dealkylation sites (N-methyl/N-ethyl adjacent to an activating group) is 1. The summed E-state index contributed by atoms with van der Waals surface area (Å²) in [5, 5.41) is 6.90. The quantitative estimate of drug-likeness (QED) is 0.606. The van der Waals surface area contributed by atoms with Crippen LogP contribution in [0.1, 0.15) is 19.3 Å². The van der Waals surface area contributed by atoms with Crippen molar-refractivity contribution in [2.45, 2.75) is 25.4 Å². The third-order valence-electron chi connectivity index (χ3n) is 5.02. The highest BCUT2D eigenvalue weighted by Gasteiger charge is 2.22. The molecule has 0 aliphatic carbocycles. The van der Waals surface area contributed by atoms with Crippen molar-refractivity contribution in [1.82, 2.24) is 15.1 Å². The molecule has 8 heteroatoms. The van der Waals surface area contributed by atoms with Crippen LogP contribution in [0.3, 0.4) is 0 Å². The lowest BCUT2D eigenvalue weighted by Gasteiger charge is -2.37. The summed E-state index contributed by atoms with van der Waals surface area (Å²) in [7, 11) is 3.53. The molecule has 1 N–H and O–H groups in total. The van der Waals surface area contributed by atoms with Gasteiger partial charge in [0, 0.05) is 53.4 Å². The second-order valence-corrected chi connectivity index (χ2v) is 8.15. The zero-order chi connectivity index (χ0) is 19.1. The first-order chi connectivity index (χ1) is 13.1. The Morgan fingerprint density at radius 3 is 2.78 bits per heavy atom. The van der Waals surface area contributed by atoms with E-state index in [-0.39, 0.29) is 18.6 Å². The fourth-order valence-electron chi connectivity index (χ4n) is 3.31. The van der Waals surface area contributed by atoms with E-state index in [0.29, 0.717) is 0 Å². The van der Waals surface area contributed by atoms with Gasteiger partial charge in [0.05, 0.1) is 11.1 Å². The van der Waals surface area contributed by atoms with Crippen molar-refractivity contribution in [3.63, 3.8) is 0 Å². The maximum absolute atomic E-state index is 12.0. The van der Waals surface area contributed by atoms with E-state index in [9.17, 15) is 4.79 Å². The number of piperazine rings is 1. The SMILES string of the molecule is CN(C)C(=O)CN=C(NCC1CCCCO1)N1CCN(c2cccs2)CC1. The van der Waals surface area contributed by atoms with Gasteiger partial charge in [-0.3, -0.25) is 4.79 Å². The molecule has 7 nitrogen and oxygen atoms in total. The van der Waals surface area contributed by atoms with Crippen LogP contribution in [-0.4, -0.2) is 87.7 Å². The normalized spacial score (nSPS) is 21.3. The number of hydrogen-bond acceptors (Lipinski definition) is 5. The van der Waals surface area contributed by atoms with Gasteiger partial charge in [0.1, 0.15) is 6.54 Å². The Balaban J connectivity index is 1.58. The molecule has 0 bridgehead atoms. The highest BCUT2D eigenvalue weighted by Crippen LogP contribution is 2.22. The van der Waals surface area contributed by atoms with Gasteiger partial charge >= 0.3 is 0 Å². The molecule has 0 radical (unpaired) electrons. The number of guanidine groups is 1. The lowest BCUT2D eigenvalue weighted by Crippen LogP contribution is -2.53. The van der Waals surface area contributed by atoms with E-state index in [1.807, 2.05) is 0 Å². The summed E-state index contributed by atoms with van der Waals surface area (Å²) in [6, 6.07) is 4.27. The lowest BCUT2D eigenvalue weighted by atomic mass is 10.1. The average molecular weight is 394 g/mol. The molecule has 150 valence electrons. The predicted octanol–water partition coefficient (Wildman–Crippen LogP) is 1.47. The van der Waals surface area contributed by atoms with E-state index in [0.717, 1.165) is 58.1 Å². The monoisotopic (exact) mass is 393 g/mol. The number of carbonyl (C=O) groups is 1. The Bertz CT molecular complexity index is 606. The zero-order valence-corrected chi connectivity index (χ0v) is 17.2. The molecule has 27 heavy (non-hydrogen) atoms. The highest BCUT2D eigenvalue weighted by molar-refractivity contribution is 7.14. The molecular weight excluding hydrogens is 362 g/mol. The van der Waals surface area contributed by atoms with Gasteiger partial charge in [-0.25, -0.2) is 4.99 Å². The minimum absolute atomic E-state index is 0.0143. The number of rotatable bonds is 5. The highest BCUT2D eigenvalue weighted by atomic mass is 32.1. The molecule has 1 unspecified atom stereocenters. The minimum Gasteiger partial charge on any atom is -0.376 e. The van der Waals surface area contributed by atoms with Crippen molar-refractivity contribution in [3.8, 4) is 0 Å². The Labute approximate surface area is 166 Å². The smallest absolute Gasteiger partial charge is 0.243 e. The van der Waals surface area contributed by atoms with Crippen molar-refractivity contribution in [2.24, 2.45) is 4.99 Å². The molecule has 2 saturated heterocycles. The Morgan fingerprint density at radius 2 is 2.15 bits per heavy atom. The molecule has 2 aliphatic rings. The van der Waals surface area contributed by atoms with Crippen LogP contribution in [0.25, 0.3) is 0 Å². The summed E-state index contributed by atoms with van der Waals surface area (Å²) in [6.45, 7) is 5.48. The van der Waals surface area contributed by atoms with E-state index < -0.39 is 0 Å². The molecule has 1 amide bonds. The van der Waals surface area contributed by atoms with E-state index in [4.69, 9.17) is 4.74 Å². The number of nitrogens with zero attached hydrogens (tertiary/aromatic N) is 4. The third kappa shape index (κ3) is 5.84.